The van der Waals surface area contributed by atoms with Crippen molar-refractivity contribution in [3.05, 3.63) is 82.5 Å². The summed E-state index contributed by atoms with van der Waals surface area (Å²) in [6.45, 7) is -0.0663. The zero-order chi connectivity index (χ0) is 19.8. The predicted molar refractivity (Wildman–Crippen MR) is 96.2 cm³/mol. The normalized spacial score (nSPS) is 14.2. The molecular weight excluding hydrogens is 362 g/mol. The van der Waals surface area contributed by atoms with E-state index in [-0.39, 0.29) is 12.5 Å². The Morgan fingerprint density at radius 1 is 0.857 bits per heavy atom. The van der Waals surface area contributed by atoms with Crippen LogP contribution < -0.4 is 0 Å². The summed E-state index contributed by atoms with van der Waals surface area (Å²) in [4.78, 5) is 35.5. The van der Waals surface area contributed by atoms with Crippen molar-refractivity contribution in [1.29, 1.82) is 0 Å². The van der Waals surface area contributed by atoms with Crippen LogP contribution in [0.3, 0.4) is 0 Å². The summed E-state index contributed by atoms with van der Waals surface area (Å²) in [6, 6.07) is 15.5. The second-order valence-corrected chi connectivity index (χ2v) is 6.20. The lowest BCUT2D eigenvalue weighted by molar-refractivity contribution is -0.135. The molecule has 7 heteroatoms. The molecular formula is C21H13NO6. The average molecular weight is 375 g/mol. The molecule has 0 spiro atoms. The van der Waals surface area contributed by atoms with E-state index in [1.807, 2.05) is 48.5 Å². The number of fused-ring (bicyclic) bond motifs is 3. The summed E-state index contributed by atoms with van der Waals surface area (Å²) in [5, 5.41) is 18.4. The van der Waals surface area contributed by atoms with Gasteiger partial charge in [0, 0.05) is 5.92 Å². The highest BCUT2D eigenvalue weighted by atomic mass is 16.6. The van der Waals surface area contributed by atoms with Gasteiger partial charge < -0.3 is 14.9 Å². The van der Waals surface area contributed by atoms with Gasteiger partial charge in [-0.3, -0.25) is 0 Å². The molecule has 0 bridgehead atoms. The monoisotopic (exact) mass is 375 g/mol. The molecule has 2 aliphatic rings. The number of carboxylic acid groups (broad SMARTS) is 2. The van der Waals surface area contributed by atoms with Gasteiger partial charge in [-0.1, -0.05) is 48.5 Å². The molecule has 0 radical (unpaired) electrons. The zero-order valence-electron chi connectivity index (χ0n) is 14.4. The molecule has 0 atom stereocenters. The second kappa shape index (κ2) is 6.59. The number of carboxylic acids is 2. The molecule has 138 valence electrons. The van der Waals surface area contributed by atoms with Gasteiger partial charge in [-0.2, -0.15) is 0 Å². The standard InChI is InChI=1S/C21H13NO6/c23-19(24)17-9-10-18(20(25)26)22(17)21(27)28-11-16-14-7-3-1-5-12(14)13-6-2-4-8-15(13)16/h1-8,16H,11H2,(H,23,24)(H,25,26). The Bertz CT molecular complexity index is 1060. The van der Waals surface area contributed by atoms with Crippen LogP contribution in [0.4, 0.5) is 4.79 Å². The molecule has 7 nitrogen and oxygen atoms in total. The molecule has 28 heavy (non-hydrogen) atoms. The van der Waals surface area contributed by atoms with E-state index in [0.29, 0.717) is 4.90 Å². The quantitative estimate of drug-likeness (QED) is 0.797. The van der Waals surface area contributed by atoms with E-state index in [4.69, 9.17) is 4.74 Å². The first-order valence-corrected chi connectivity index (χ1v) is 8.36. The first-order valence-electron chi connectivity index (χ1n) is 8.36. The lowest BCUT2D eigenvalue weighted by Crippen LogP contribution is -2.35. The van der Waals surface area contributed by atoms with Crippen LogP contribution in [-0.4, -0.2) is 39.8 Å². The van der Waals surface area contributed by atoms with Crippen LogP contribution in [0.2, 0.25) is 0 Å². The van der Waals surface area contributed by atoms with Gasteiger partial charge in [0.2, 0.25) is 0 Å². The number of ether oxygens (including phenoxy) is 1. The third-order valence-corrected chi connectivity index (χ3v) is 4.67. The maximum Gasteiger partial charge on any atom is 0.420 e. The average Bonchev–Trinajstić information content (AvgIpc) is 3.27. The number of benzene rings is 2. The minimum atomic E-state index is -1.50. The van der Waals surface area contributed by atoms with E-state index in [1.165, 1.54) is 0 Å². The lowest BCUT2D eigenvalue weighted by Gasteiger charge is -2.20. The Kier molecular flexibility index (Phi) is 4.09. The van der Waals surface area contributed by atoms with Crippen LogP contribution in [0, 0.1) is 0 Å². The van der Waals surface area contributed by atoms with Gasteiger partial charge in [0.1, 0.15) is 6.61 Å². The number of nitrogens with zero attached hydrogens (tertiary/aromatic N) is 1. The van der Waals surface area contributed by atoms with E-state index in [1.54, 1.807) is 0 Å². The smallest absolute Gasteiger partial charge is 0.420 e. The van der Waals surface area contributed by atoms with Crippen molar-refractivity contribution in [1.82, 2.24) is 4.90 Å². The van der Waals surface area contributed by atoms with Gasteiger partial charge >= 0.3 is 18.0 Å². The molecule has 1 aliphatic carbocycles. The summed E-state index contributed by atoms with van der Waals surface area (Å²) in [5.41, 5.74) is 7.07. The van der Waals surface area contributed by atoms with Crippen molar-refractivity contribution in [3.8, 4) is 11.1 Å². The lowest BCUT2D eigenvalue weighted by atomic mass is 9.98. The van der Waals surface area contributed by atoms with Gasteiger partial charge in [-0.15, -0.1) is 0 Å². The molecule has 4 rings (SSSR count). The molecule has 0 aromatic heterocycles. The number of rotatable bonds is 4. The number of hydrogen-bond acceptors (Lipinski definition) is 4. The minimum absolute atomic E-state index is 0.0663. The molecule has 2 aromatic rings. The van der Waals surface area contributed by atoms with Crippen molar-refractivity contribution in [3.63, 3.8) is 0 Å². The predicted octanol–water partition coefficient (Wildman–Crippen LogP) is 2.94. The van der Waals surface area contributed by atoms with Crippen LogP contribution in [-0.2, 0) is 14.3 Å². The fourth-order valence-electron chi connectivity index (χ4n) is 3.48. The second-order valence-electron chi connectivity index (χ2n) is 6.20. The fourth-order valence-corrected chi connectivity index (χ4v) is 3.48. The molecule has 1 amide bonds. The third kappa shape index (κ3) is 2.68. The number of carbonyl (C=O) groups excluding carboxylic acids is 1. The first-order chi connectivity index (χ1) is 13.5. The molecule has 1 heterocycles. The molecule has 0 unspecified atom stereocenters. The number of hydrogen-bond donors (Lipinski definition) is 2. The third-order valence-electron chi connectivity index (χ3n) is 4.67. The molecule has 0 saturated carbocycles. The SMILES string of the molecule is O=C(O)C1=C=C=C(C(=O)O)N1C(=O)OCC1c2ccccc2-c2ccccc21. The largest absolute Gasteiger partial charge is 0.476 e. The molecule has 0 fully saturated rings. The Morgan fingerprint density at radius 2 is 1.32 bits per heavy atom. The highest BCUT2D eigenvalue weighted by molar-refractivity contribution is 5.99. The minimum Gasteiger partial charge on any atom is -0.476 e. The van der Waals surface area contributed by atoms with Gasteiger partial charge in [0.05, 0.1) is 0 Å². The maximum atomic E-state index is 12.5. The highest BCUT2D eigenvalue weighted by Gasteiger charge is 2.36. The van der Waals surface area contributed by atoms with E-state index in [2.05, 4.69) is 11.5 Å². The number of amides is 1. The van der Waals surface area contributed by atoms with Crippen LogP contribution >= 0.6 is 0 Å². The summed E-state index contributed by atoms with van der Waals surface area (Å²) in [5.74, 6) is -3.24. The summed E-state index contributed by atoms with van der Waals surface area (Å²) < 4.78 is 5.32. The van der Waals surface area contributed by atoms with Gasteiger partial charge in [0.25, 0.3) is 0 Å². The molecule has 1 aliphatic heterocycles. The first kappa shape index (κ1) is 17.4. The van der Waals surface area contributed by atoms with E-state index in [0.717, 1.165) is 22.3 Å². The summed E-state index contributed by atoms with van der Waals surface area (Å²) in [6.07, 6.45) is -1.10. The Labute approximate surface area is 159 Å². The summed E-state index contributed by atoms with van der Waals surface area (Å²) >= 11 is 0. The van der Waals surface area contributed by atoms with Crippen LogP contribution in [0.15, 0.2) is 71.4 Å². The van der Waals surface area contributed by atoms with Gasteiger partial charge in [0.15, 0.2) is 11.4 Å². The molecule has 0 saturated heterocycles. The fraction of sp³-hybridized carbons (Fsp3) is 0.0952. The summed E-state index contributed by atoms with van der Waals surface area (Å²) in [7, 11) is 0. The topological polar surface area (TPSA) is 104 Å². The van der Waals surface area contributed by atoms with Crippen LogP contribution in [0.5, 0.6) is 0 Å². The number of carbonyl (C=O) groups is 3. The van der Waals surface area contributed by atoms with Gasteiger partial charge in [-0.25, -0.2) is 19.3 Å². The number of aliphatic carboxylic acids is 2. The van der Waals surface area contributed by atoms with E-state index >= 15 is 0 Å². The van der Waals surface area contributed by atoms with Crippen molar-refractivity contribution in [2.75, 3.05) is 6.61 Å². The van der Waals surface area contributed by atoms with Crippen molar-refractivity contribution >= 4 is 18.0 Å². The highest BCUT2D eigenvalue weighted by Crippen LogP contribution is 2.44. The van der Waals surface area contributed by atoms with Crippen LogP contribution in [0.1, 0.15) is 17.0 Å². The van der Waals surface area contributed by atoms with Crippen molar-refractivity contribution < 1.29 is 29.3 Å². The van der Waals surface area contributed by atoms with Gasteiger partial charge in [-0.05, 0) is 33.7 Å². The van der Waals surface area contributed by atoms with Crippen molar-refractivity contribution in [2.24, 2.45) is 0 Å². The molecule has 2 aromatic carbocycles. The van der Waals surface area contributed by atoms with Crippen molar-refractivity contribution in [2.45, 2.75) is 5.92 Å². The Hall–Kier alpha value is -4.05. The Balaban J connectivity index is 1.59. The van der Waals surface area contributed by atoms with Crippen LogP contribution in [0.25, 0.3) is 11.1 Å². The maximum absolute atomic E-state index is 12.5. The van der Waals surface area contributed by atoms with E-state index in [9.17, 15) is 24.6 Å². The van der Waals surface area contributed by atoms with E-state index < -0.39 is 29.4 Å². The molecule has 2 N–H and O–H groups in total. The zero-order valence-corrected chi connectivity index (χ0v) is 14.4. The Morgan fingerprint density at radius 3 is 1.79 bits per heavy atom.